The summed E-state index contributed by atoms with van der Waals surface area (Å²) in [7, 11) is 1.65. The van der Waals surface area contributed by atoms with Crippen molar-refractivity contribution >= 4 is 23.4 Å². The molecule has 0 aromatic heterocycles. The maximum absolute atomic E-state index is 13.1. The van der Waals surface area contributed by atoms with Crippen LogP contribution in [0.3, 0.4) is 0 Å². The largest absolute Gasteiger partial charge is 0.497 e. The number of rotatable bonds is 6. The number of hydrogen-bond donors (Lipinski definition) is 1. The van der Waals surface area contributed by atoms with Gasteiger partial charge in [-0.3, -0.25) is 14.4 Å². The normalized spacial score (nSPS) is 20.1. The van der Waals surface area contributed by atoms with Crippen LogP contribution in [0.4, 0.5) is 5.69 Å². The molecule has 1 saturated heterocycles. The summed E-state index contributed by atoms with van der Waals surface area (Å²) in [5.74, 6) is 0.349. The number of carbonyl (C=O) groups excluding carboxylic acids is 3. The first-order valence-electron chi connectivity index (χ1n) is 11.9. The second-order valence-corrected chi connectivity index (χ2v) is 9.07. The Morgan fingerprint density at radius 1 is 1.00 bits per heavy atom. The molecule has 5 rings (SSSR count). The van der Waals surface area contributed by atoms with Gasteiger partial charge in [-0.25, -0.2) is 0 Å². The van der Waals surface area contributed by atoms with Gasteiger partial charge in [-0.1, -0.05) is 18.2 Å². The van der Waals surface area contributed by atoms with Crippen molar-refractivity contribution in [2.24, 2.45) is 0 Å². The Kier molecular flexibility index (Phi) is 6.13. The van der Waals surface area contributed by atoms with E-state index in [-0.39, 0.29) is 30.3 Å². The van der Waals surface area contributed by atoms with E-state index in [1.165, 1.54) is 0 Å². The zero-order chi connectivity index (χ0) is 23.7. The number of anilines is 1. The molecule has 0 bridgehead atoms. The summed E-state index contributed by atoms with van der Waals surface area (Å²) in [5, 5.41) is 2.82. The molecular formula is C26H30N4O4. The van der Waals surface area contributed by atoms with Crippen LogP contribution in [-0.4, -0.2) is 73.4 Å². The number of methoxy groups -OCH3 is 1. The molecule has 178 valence electrons. The highest BCUT2D eigenvalue weighted by molar-refractivity contribution is 6.05. The van der Waals surface area contributed by atoms with Crippen molar-refractivity contribution in [1.82, 2.24) is 15.1 Å². The van der Waals surface area contributed by atoms with Gasteiger partial charge in [0.05, 0.1) is 13.7 Å². The van der Waals surface area contributed by atoms with Gasteiger partial charge >= 0.3 is 0 Å². The molecule has 2 fully saturated rings. The third-order valence-electron chi connectivity index (χ3n) is 6.89. The summed E-state index contributed by atoms with van der Waals surface area (Å²) in [6, 6.07) is 14.7. The summed E-state index contributed by atoms with van der Waals surface area (Å²) >= 11 is 0. The molecule has 2 aliphatic heterocycles. The van der Waals surface area contributed by atoms with Gasteiger partial charge in [0.15, 0.2) is 0 Å². The van der Waals surface area contributed by atoms with E-state index < -0.39 is 6.04 Å². The standard InChI is InChI=1S/C26H30N4O4/c1-34-20-11-9-18(10-12-20)28-13-4-14-29(16-15-28)23(31)17-27-25(32)24-21-5-2-3-6-22(21)26(33)30(24)19-7-8-19/h2-3,5-6,9-12,19,24H,4,7-8,13-17H2,1H3,(H,27,32). The first kappa shape index (κ1) is 22.3. The maximum Gasteiger partial charge on any atom is 0.255 e. The highest BCUT2D eigenvalue weighted by Crippen LogP contribution is 2.41. The molecule has 1 N–H and O–H groups in total. The Morgan fingerprint density at radius 3 is 2.50 bits per heavy atom. The van der Waals surface area contributed by atoms with E-state index in [0.717, 1.165) is 49.4 Å². The van der Waals surface area contributed by atoms with Crippen LogP contribution in [0.15, 0.2) is 48.5 Å². The molecule has 2 aromatic rings. The molecule has 8 nitrogen and oxygen atoms in total. The minimum atomic E-state index is -0.654. The number of ether oxygens (including phenoxy) is 1. The summed E-state index contributed by atoms with van der Waals surface area (Å²) in [6.07, 6.45) is 2.69. The van der Waals surface area contributed by atoms with Gasteiger partial charge in [0, 0.05) is 43.5 Å². The van der Waals surface area contributed by atoms with Gasteiger partial charge < -0.3 is 24.8 Å². The van der Waals surface area contributed by atoms with Crippen molar-refractivity contribution in [3.8, 4) is 5.75 Å². The fourth-order valence-corrected chi connectivity index (χ4v) is 4.92. The summed E-state index contributed by atoms with van der Waals surface area (Å²) in [6.45, 7) is 2.78. The number of carbonyl (C=O) groups is 3. The van der Waals surface area contributed by atoms with Crippen LogP contribution in [0.25, 0.3) is 0 Å². The van der Waals surface area contributed by atoms with E-state index in [9.17, 15) is 14.4 Å². The lowest BCUT2D eigenvalue weighted by Crippen LogP contribution is -2.45. The smallest absolute Gasteiger partial charge is 0.255 e. The van der Waals surface area contributed by atoms with Crippen molar-refractivity contribution in [2.75, 3.05) is 44.7 Å². The Balaban J connectivity index is 1.19. The zero-order valence-corrected chi connectivity index (χ0v) is 19.4. The minimum Gasteiger partial charge on any atom is -0.497 e. The number of nitrogens with one attached hydrogen (secondary N) is 1. The monoisotopic (exact) mass is 462 g/mol. The number of benzene rings is 2. The van der Waals surface area contributed by atoms with E-state index >= 15 is 0 Å². The topological polar surface area (TPSA) is 82.2 Å². The molecule has 2 heterocycles. The molecule has 3 amide bonds. The third kappa shape index (κ3) is 4.32. The van der Waals surface area contributed by atoms with Crippen LogP contribution in [0, 0.1) is 0 Å². The highest BCUT2D eigenvalue weighted by atomic mass is 16.5. The van der Waals surface area contributed by atoms with Crippen molar-refractivity contribution in [3.05, 3.63) is 59.7 Å². The van der Waals surface area contributed by atoms with Crippen LogP contribution in [-0.2, 0) is 9.59 Å². The summed E-state index contributed by atoms with van der Waals surface area (Å²) in [5.41, 5.74) is 2.43. The minimum absolute atomic E-state index is 0.0628. The van der Waals surface area contributed by atoms with Gasteiger partial charge in [0.25, 0.3) is 5.91 Å². The van der Waals surface area contributed by atoms with E-state index in [0.29, 0.717) is 18.7 Å². The lowest BCUT2D eigenvalue weighted by Gasteiger charge is -2.26. The summed E-state index contributed by atoms with van der Waals surface area (Å²) < 4.78 is 5.23. The second kappa shape index (κ2) is 9.37. The van der Waals surface area contributed by atoms with Crippen molar-refractivity contribution in [3.63, 3.8) is 0 Å². The van der Waals surface area contributed by atoms with E-state index in [1.807, 2.05) is 47.4 Å². The number of hydrogen-bond acceptors (Lipinski definition) is 5. The molecule has 1 unspecified atom stereocenters. The Hall–Kier alpha value is -3.55. The SMILES string of the molecule is COc1ccc(N2CCCN(C(=O)CNC(=O)C3c4ccccc4C(=O)N3C3CC3)CC2)cc1. The molecule has 3 aliphatic rings. The highest BCUT2D eigenvalue weighted by Gasteiger charge is 2.47. The molecular weight excluding hydrogens is 432 g/mol. The average molecular weight is 463 g/mol. The molecule has 1 atom stereocenters. The van der Waals surface area contributed by atoms with Gasteiger partial charge in [0.2, 0.25) is 11.8 Å². The lowest BCUT2D eigenvalue weighted by molar-refractivity contribution is -0.134. The van der Waals surface area contributed by atoms with Gasteiger partial charge in [-0.05, 0) is 55.2 Å². The zero-order valence-electron chi connectivity index (χ0n) is 19.4. The van der Waals surface area contributed by atoms with E-state index in [2.05, 4.69) is 10.2 Å². The Bertz CT molecular complexity index is 1080. The molecule has 8 heteroatoms. The van der Waals surface area contributed by atoms with Crippen LogP contribution >= 0.6 is 0 Å². The predicted octanol–water partition coefficient (Wildman–Crippen LogP) is 2.21. The second-order valence-electron chi connectivity index (χ2n) is 9.07. The molecule has 34 heavy (non-hydrogen) atoms. The number of fused-ring (bicyclic) bond motifs is 1. The predicted molar refractivity (Wildman–Crippen MR) is 128 cm³/mol. The van der Waals surface area contributed by atoms with Gasteiger partial charge in [-0.15, -0.1) is 0 Å². The van der Waals surface area contributed by atoms with Gasteiger partial charge in [0.1, 0.15) is 11.8 Å². The molecule has 2 aromatic carbocycles. The molecule has 0 spiro atoms. The van der Waals surface area contributed by atoms with Gasteiger partial charge in [-0.2, -0.15) is 0 Å². The lowest BCUT2D eigenvalue weighted by atomic mass is 10.0. The molecule has 1 aliphatic carbocycles. The van der Waals surface area contributed by atoms with Crippen LogP contribution in [0.1, 0.15) is 41.2 Å². The molecule has 0 radical (unpaired) electrons. The molecule has 1 saturated carbocycles. The van der Waals surface area contributed by atoms with Crippen molar-refractivity contribution in [1.29, 1.82) is 0 Å². The van der Waals surface area contributed by atoms with Crippen molar-refractivity contribution < 1.29 is 19.1 Å². The fraction of sp³-hybridized carbons (Fsp3) is 0.423. The number of amides is 3. The average Bonchev–Trinajstić information content (AvgIpc) is 3.69. The third-order valence-corrected chi connectivity index (χ3v) is 6.89. The van der Waals surface area contributed by atoms with Crippen LogP contribution in [0.2, 0.25) is 0 Å². The number of nitrogens with zero attached hydrogens (tertiary/aromatic N) is 3. The fourth-order valence-electron chi connectivity index (χ4n) is 4.92. The Morgan fingerprint density at radius 2 is 1.76 bits per heavy atom. The first-order valence-corrected chi connectivity index (χ1v) is 11.9. The summed E-state index contributed by atoms with van der Waals surface area (Å²) in [4.78, 5) is 44.7. The van der Waals surface area contributed by atoms with E-state index in [1.54, 1.807) is 18.1 Å². The van der Waals surface area contributed by atoms with Crippen LogP contribution in [0.5, 0.6) is 5.75 Å². The Labute approximate surface area is 199 Å². The van der Waals surface area contributed by atoms with E-state index in [4.69, 9.17) is 4.74 Å². The van der Waals surface area contributed by atoms with Crippen LogP contribution < -0.4 is 15.0 Å². The first-order chi connectivity index (χ1) is 16.6. The quantitative estimate of drug-likeness (QED) is 0.712. The maximum atomic E-state index is 13.1. The van der Waals surface area contributed by atoms with Crippen molar-refractivity contribution in [2.45, 2.75) is 31.3 Å².